The Labute approximate surface area is 334 Å². The monoisotopic (exact) mass is 744 g/mol. The molecule has 0 saturated heterocycles. The standard InChI is InChI=1S/C54H36N2S/c1-3-14-35(15-4-1)36-16-13-17-39(30-36)46-33-41(34-48-45-22-9-12-25-53(45)57-54(46)48)56-49-23-10-7-20-42(49)44-28-26-38(32-52(44)56)37-27-29-51-47(31-37)43-21-8-11-24-50(43)55(51)40-18-5-2-6-19-40/h1-9,11-22,24-34H,10,23H2. The van der Waals surface area contributed by atoms with Crippen LogP contribution in [-0.2, 0) is 6.42 Å². The summed E-state index contributed by atoms with van der Waals surface area (Å²) in [5, 5.41) is 6.46. The number of aromatic nitrogens is 2. The number of rotatable bonds is 5. The van der Waals surface area contributed by atoms with E-state index in [1.54, 1.807) is 0 Å². The van der Waals surface area contributed by atoms with Crippen LogP contribution in [0.1, 0.15) is 17.7 Å². The van der Waals surface area contributed by atoms with Crippen molar-refractivity contribution >= 4 is 70.3 Å². The number of hydrogen-bond acceptors (Lipinski definition) is 1. The van der Waals surface area contributed by atoms with Gasteiger partial charge in [-0.1, -0.05) is 133 Å². The van der Waals surface area contributed by atoms with Crippen molar-refractivity contribution < 1.29 is 0 Å². The fraction of sp³-hybridized carbons (Fsp3) is 0.0370. The van der Waals surface area contributed by atoms with Crippen LogP contribution in [0.2, 0.25) is 0 Å². The molecule has 0 atom stereocenters. The van der Waals surface area contributed by atoms with Crippen LogP contribution in [0, 0.1) is 0 Å². The Balaban J connectivity index is 1.09. The minimum absolute atomic E-state index is 1.00. The fourth-order valence-electron chi connectivity index (χ4n) is 9.35. The molecule has 0 unspecified atom stereocenters. The Morgan fingerprint density at radius 2 is 1.11 bits per heavy atom. The molecule has 3 heterocycles. The van der Waals surface area contributed by atoms with Gasteiger partial charge in [0, 0.05) is 64.5 Å². The van der Waals surface area contributed by atoms with Crippen molar-refractivity contribution in [3.63, 3.8) is 0 Å². The third kappa shape index (κ3) is 5.09. The summed E-state index contributed by atoms with van der Waals surface area (Å²) >= 11 is 1.90. The Bertz CT molecular complexity index is 3400. The summed E-state index contributed by atoms with van der Waals surface area (Å²) in [7, 11) is 0. The molecule has 1 aliphatic carbocycles. The second-order valence-electron chi connectivity index (χ2n) is 15.2. The number of benzene rings is 8. The van der Waals surface area contributed by atoms with Crippen molar-refractivity contribution in [2.75, 3.05) is 0 Å². The van der Waals surface area contributed by atoms with E-state index in [0.29, 0.717) is 0 Å². The van der Waals surface area contributed by atoms with E-state index >= 15 is 0 Å². The van der Waals surface area contributed by atoms with Crippen LogP contribution < -0.4 is 0 Å². The quantitative estimate of drug-likeness (QED) is 0.166. The molecule has 0 spiro atoms. The van der Waals surface area contributed by atoms with E-state index in [4.69, 9.17) is 0 Å². The Hall–Kier alpha value is -6.94. The normalized spacial score (nSPS) is 12.7. The van der Waals surface area contributed by atoms with Crippen LogP contribution in [0.25, 0.3) is 104 Å². The lowest BCUT2D eigenvalue weighted by Crippen LogP contribution is -2.03. The van der Waals surface area contributed by atoms with Gasteiger partial charge in [0.15, 0.2) is 0 Å². The van der Waals surface area contributed by atoms with E-state index in [1.807, 2.05) is 11.3 Å². The van der Waals surface area contributed by atoms with Crippen molar-refractivity contribution in [3.05, 3.63) is 199 Å². The highest BCUT2D eigenvalue weighted by molar-refractivity contribution is 7.26. The molecule has 3 aromatic heterocycles. The zero-order valence-electron chi connectivity index (χ0n) is 31.2. The average Bonchev–Trinajstić information content (AvgIpc) is 3.94. The van der Waals surface area contributed by atoms with Crippen molar-refractivity contribution in [2.45, 2.75) is 12.8 Å². The van der Waals surface area contributed by atoms with Crippen LogP contribution >= 0.6 is 11.3 Å². The number of thiophene rings is 1. The van der Waals surface area contributed by atoms with Crippen LogP contribution in [0.4, 0.5) is 0 Å². The summed E-state index contributed by atoms with van der Waals surface area (Å²) in [6.45, 7) is 0. The molecular weight excluding hydrogens is 709 g/mol. The van der Waals surface area contributed by atoms with Gasteiger partial charge in [0.05, 0.1) is 16.6 Å². The Morgan fingerprint density at radius 3 is 2.00 bits per heavy atom. The summed E-state index contributed by atoms with van der Waals surface area (Å²) in [5.74, 6) is 0. The highest BCUT2D eigenvalue weighted by atomic mass is 32.1. The second kappa shape index (κ2) is 12.8. The van der Waals surface area contributed by atoms with E-state index in [-0.39, 0.29) is 0 Å². The minimum atomic E-state index is 1.00. The van der Waals surface area contributed by atoms with Gasteiger partial charge in [-0.2, -0.15) is 0 Å². The van der Waals surface area contributed by atoms with Gasteiger partial charge in [-0.3, -0.25) is 0 Å². The van der Waals surface area contributed by atoms with Gasteiger partial charge in [0.1, 0.15) is 0 Å². The van der Waals surface area contributed by atoms with Crippen molar-refractivity contribution in [2.24, 2.45) is 0 Å². The van der Waals surface area contributed by atoms with Crippen molar-refractivity contribution in [1.29, 1.82) is 0 Å². The van der Waals surface area contributed by atoms with E-state index < -0.39 is 0 Å². The highest BCUT2D eigenvalue weighted by Crippen LogP contribution is 2.45. The van der Waals surface area contributed by atoms with Crippen LogP contribution in [-0.4, -0.2) is 9.13 Å². The van der Waals surface area contributed by atoms with E-state index in [9.17, 15) is 0 Å². The van der Waals surface area contributed by atoms with Gasteiger partial charge in [-0.25, -0.2) is 0 Å². The third-order valence-electron chi connectivity index (χ3n) is 12.0. The summed E-state index contributed by atoms with van der Waals surface area (Å²) in [6, 6.07) is 67.2. The van der Waals surface area contributed by atoms with Crippen LogP contribution in [0.3, 0.4) is 0 Å². The number of nitrogens with zero attached hydrogens (tertiary/aromatic N) is 2. The predicted octanol–water partition coefficient (Wildman–Crippen LogP) is 15.1. The lowest BCUT2D eigenvalue weighted by molar-refractivity contribution is 0.889. The summed E-state index contributed by atoms with van der Waals surface area (Å²) < 4.78 is 7.62. The molecule has 0 bridgehead atoms. The maximum atomic E-state index is 2.58. The molecule has 12 rings (SSSR count). The minimum Gasteiger partial charge on any atom is -0.313 e. The third-order valence-corrected chi connectivity index (χ3v) is 13.2. The molecule has 8 aromatic carbocycles. The molecule has 2 nitrogen and oxygen atoms in total. The first-order valence-electron chi connectivity index (χ1n) is 19.8. The summed E-state index contributed by atoms with van der Waals surface area (Å²) in [5.41, 5.74) is 16.2. The van der Waals surface area contributed by atoms with Crippen LogP contribution in [0.15, 0.2) is 188 Å². The molecule has 1 aliphatic rings. The molecule has 0 amide bonds. The average molecular weight is 745 g/mol. The molecule has 0 saturated carbocycles. The first kappa shape index (κ1) is 32.3. The molecule has 0 aliphatic heterocycles. The number of fused-ring (bicyclic) bond motifs is 9. The zero-order chi connectivity index (χ0) is 37.5. The van der Waals surface area contributed by atoms with E-state index in [0.717, 1.165) is 12.8 Å². The van der Waals surface area contributed by atoms with Gasteiger partial charge in [-0.15, -0.1) is 11.3 Å². The first-order chi connectivity index (χ1) is 28.3. The zero-order valence-corrected chi connectivity index (χ0v) is 32.0. The number of hydrogen-bond donors (Lipinski definition) is 0. The van der Waals surface area contributed by atoms with Crippen molar-refractivity contribution in [1.82, 2.24) is 9.13 Å². The lowest BCUT2D eigenvalue weighted by Gasteiger charge is -2.16. The summed E-state index contributed by atoms with van der Waals surface area (Å²) in [6.07, 6.45) is 6.73. The summed E-state index contributed by atoms with van der Waals surface area (Å²) in [4.78, 5) is 0. The Morgan fingerprint density at radius 1 is 0.404 bits per heavy atom. The number of para-hydroxylation sites is 2. The highest BCUT2D eigenvalue weighted by Gasteiger charge is 2.22. The predicted molar refractivity (Wildman–Crippen MR) is 244 cm³/mol. The van der Waals surface area contributed by atoms with Gasteiger partial charge in [0.2, 0.25) is 0 Å². The topological polar surface area (TPSA) is 9.86 Å². The SMILES string of the molecule is C1=Cc2c(n(-c3cc(-c4cccc(-c5ccccc5)c4)c4sc5ccccc5c4c3)c3cc(-c4ccc5c(c4)c4ccccc4n5-c4ccccc4)ccc23)CC1. The lowest BCUT2D eigenvalue weighted by atomic mass is 9.97. The molecule has 0 radical (unpaired) electrons. The van der Waals surface area contributed by atoms with Gasteiger partial charge in [0.25, 0.3) is 0 Å². The van der Waals surface area contributed by atoms with Gasteiger partial charge >= 0.3 is 0 Å². The fourth-order valence-corrected chi connectivity index (χ4v) is 10.6. The van der Waals surface area contributed by atoms with Crippen molar-refractivity contribution in [3.8, 4) is 44.8 Å². The molecule has 0 N–H and O–H groups in total. The maximum Gasteiger partial charge on any atom is 0.0543 e. The molecule has 0 fully saturated rings. The molecule has 268 valence electrons. The van der Waals surface area contributed by atoms with E-state index in [2.05, 4.69) is 203 Å². The second-order valence-corrected chi connectivity index (χ2v) is 16.3. The molecule has 3 heteroatoms. The molecule has 57 heavy (non-hydrogen) atoms. The molecular formula is C54H36N2S. The number of allylic oxidation sites excluding steroid dienone is 1. The van der Waals surface area contributed by atoms with Crippen LogP contribution in [0.5, 0.6) is 0 Å². The largest absolute Gasteiger partial charge is 0.313 e. The van der Waals surface area contributed by atoms with E-state index in [1.165, 1.54) is 109 Å². The maximum absolute atomic E-state index is 2.58. The smallest absolute Gasteiger partial charge is 0.0543 e. The van der Waals surface area contributed by atoms with Gasteiger partial charge < -0.3 is 9.13 Å². The first-order valence-corrected chi connectivity index (χ1v) is 20.6. The Kier molecular flexibility index (Phi) is 7.26. The van der Waals surface area contributed by atoms with Gasteiger partial charge in [-0.05, 0) is 101 Å². The molecule has 11 aromatic rings.